The standard InChI is InChI=1S/C12H12ClF3O3S/c13-11(9-4-5-20(17,18)7-9)8-2-1-3-10(6-8)19-12(14,15)16/h1-3,6,9,11H,4-5,7H2. The van der Waals surface area contributed by atoms with Crippen LogP contribution in [0.4, 0.5) is 13.2 Å². The average molecular weight is 329 g/mol. The summed E-state index contributed by atoms with van der Waals surface area (Å²) in [6, 6.07) is 5.32. The number of hydrogen-bond donors (Lipinski definition) is 0. The summed E-state index contributed by atoms with van der Waals surface area (Å²) in [4.78, 5) is 0. The number of halogens is 4. The molecule has 0 aromatic heterocycles. The van der Waals surface area contributed by atoms with Crippen molar-refractivity contribution in [3.05, 3.63) is 29.8 Å². The van der Waals surface area contributed by atoms with E-state index >= 15 is 0 Å². The van der Waals surface area contributed by atoms with Gasteiger partial charge in [-0.25, -0.2) is 8.42 Å². The Morgan fingerprint density at radius 2 is 2.05 bits per heavy atom. The minimum atomic E-state index is -4.77. The van der Waals surface area contributed by atoms with Crippen molar-refractivity contribution in [3.63, 3.8) is 0 Å². The molecule has 2 atom stereocenters. The molecule has 3 nitrogen and oxygen atoms in total. The third kappa shape index (κ3) is 4.02. The second-order valence-electron chi connectivity index (χ2n) is 4.69. The largest absolute Gasteiger partial charge is 0.573 e. The Bertz CT molecular complexity index is 586. The van der Waals surface area contributed by atoms with Gasteiger partial charge in [0, 0.05) is 0 Å². The summed E-state index contributed by atoms with van der Waals surface area (Å²) >= 11 is 6.18. The first-order valence-corrected chi connectivity index (χ1v) is 8.12. The summed E-state index contributed by atoms with van der Waals surface area (Å²) in [6.45, 7) is 0. The van der Waals surface area contributed by atoms with Crippen molar-refractivity contribution < 1.29 is 26.3 Å². The summed E-state index contributed by atoms with van der Waals surface area (Å²) in [6.07, 6.45) is -4.35. The van der Waals surface area contributed by atoms with E-state index in [1.165, 1.54) is 18.2 Å². The van der Waals surface area contributed by atoms with E-state index in [-0.39, 0.29) is 23.2 Å². The van der Waals surface area contributed by atoms with Crippen LogP contribution in [0.15, 0.2) is 24.3 Å². The lowest BCUT2D eigenvalue weighted by atomic mass is 9.98. The first kappa shape index (κ1) is 15.4. The second kappa shape index (κ2) is 5.44. The number of sulfone groups is 1. The van der Waals surface area contributed by atoms with Crippen LogP contribution in [0, 0.1) is 5.92 Å². The first-order valence-electron chi connectivity index (χ1n) is 5.86. The Labute approximate surface area is 119 Å². The van der Waals surface area contributed by atoms with E-state index in [4.69, 9.17) is 11.6 Å². The highest BCUT2D eigenvalue weighted by Crippen LogP contribution is 2.37. The molecule has 1 heterocycles. The van der Waals surface area contributed by atoms with Gasteiger partial charge in [-0.2, -0.15) is 0 Å². The molecule has 0 saturated carbocycles. The van der Waals surface area contributed by atoms with E-state index in [9.17, 15) is 21.6 Å². The number of alkyl halides is 4. The summed E-state index contributed by atoms with van der Waals surface area (Å²) in [5, 5.41) is -0.649. The molecule has 1 aliphatic heterocycles. The van der Waals surface area contributed by atoms with E-state index in [1.807, 2.05) is 0 Å². The highest BCUT2D eigenvalue weighted by molar-refractivity contribution is 7.91. The lowest BCUT2D eigenvalue weighted by Gasteiger charge is -2.17. The maximum absolute atomic E-state index is 12.1. The maximum Gasteiger partial charge on any atom is 0.573 e. The van der Waals surface area contributed by atoms with Crippen LogP contribution in [0.5, 0.6) is 5.75 Å². The van der Waals surface area contributed by atoms with Crippen molar-refractivity contribution >= 4 is 21.4 Å². The fourth-order valence-corrected chi connectivity index (χ4v) is 4.51. The highest BCUT2D eigenvalue weighted by Gasteiger charge is 2.34. The van der Waals surface area contributed by atoms with Crippen LogP contribution in [0.25, 0.3) is 0 Å². The predicted molar refractivity (Wildman–Crippen MR) is 68.5 cm³/mol. The molecular formula is C12H12ClF3O3S. The third-order valence-corrected chi connectivity index (χ3v) is 5.49. The fraction of sp³-hybridized carbons (Fsp3) is 0.500. The van der Waals surface area contributed by atoms with Gasteiger partial charge in [0.25, 0.3) is 0 Å². The van der Waals surface area contributed by atoms with Crippen LogP contribution in [-0.2, 0) is 9.84 Å². The van der Waals surface area contributed by atoms with E-state index in [2.05, 4.69) is 4.74 Å². The average Bonchev–Trinajstić information content (AvgIpc) is 2.67. The number of benzene rings is 1. The van der Waals surface area contributed by atoms with Crippen molar-refractivity contribution in [3.8, 4) is 5.75 Å². The van der Waals surface area contributed by atoms with E-state index < -0.39 is 21.6 Å². The van der Waals surface area contributed by atoms with Gasteiger partial charge in [0.15, 0.2) is 9.84 Å². The Balaban J connectivity index is 2.15. The van der Waals surface area contributed by atoms with Crippen LogP contribution < -0.4 is 4.74 Å². The summed E-state index contributed by atoms with van der Waals surface area (Å²) < 4.78 is 63.0. The molecule has 2 rings (SSSR count). The SMILES string of the molecule is O=S1(=O)CCC(C(Cl)c2cccc(OC(F)(F)F)c2)C1. The third-order valence-electron chi connectivity index (χ3n) is 3.09. The van der Waals surface area contributed by atoms with Gasteiger partial charge in [0.05, 0.1) is 16.9 Å². The molecule has 112 valence electrons. The van der Waals surface area contributed by atoms with E-state index in [1.54, 1.807) is 6.07 Å². The molecule has 8 heteroatoms. The lowest BCUT2D eigenvalue weighted by molar-refractivity contribution is -0.274. The summed E-state index contributed by atoms with van der Waals surface area (Å²) in [5.41, 5.74) is 0.426. The molecule has 0 N–H and O–H groups in total. The monoisotopic (exact) mass is 328 g/mol. The van der Waals surface area contributed by atoms with Crippen LogP contribution in [0.3, 0.4) is 0 Å². The first-order chi connectivity index (χ1) is 9.16. The Morgan fingerprint density at radius 1 is 1.35 bits per heavy atom. The topological polar surface area (TPSA) is 43.4 Å². The van der Waals surface area contributed by atoms with Crippen molar-refractivity contribution in [1.82, 2.24) is 0 Å². The van der Waals surface area contributed by atoms with Gasteiger partial charge < -0.3 is 4.74 Å². The van der Waals surface area contributed by atoms with Gasteiger partial charge in [-0.1, -0.05) is 12.1 Å². The zero-order valence-electron chi connectivity index (χ0n) is 10.2. The van der Waals surface area contributed by atoms with Gasteiger partial charge in [0.1, 0.15) is 5.75 Å². The molecule has 1 fully saturated rings. The normalized spacial score (nSPS) is 23.5. The van der Waals surface area contributed by atoms with E-state index in [0.29, 0.717) is 12.0 Å². The smallest absolute Gasteiger partial charge is 0.406 e. The Hall–Kier alpha value is -0.950. The van der Waals surface area contributed by atoms with Crippen LogP contribution in [0.1, 0.15) is 17.4 Å². The zero-order chi connectivity index (χ0) is 15.0. The molecule has 0 spiro atoms. The molecular weight excluding hydrogens is 317 g/mol. The Kier molecular flexibility index (Phi) is 4.20. The van der Waals surface area contributed by atoms with Crippen molar-refractivity contribution in [2.75, 3.05) is 11.5 Å². The molecule has 2 unspecified atom stereocenters. The number of hydrogen-bond acceptors (Lipinski definition) is 3. The highest BCUT2D eigenvalue weighted by atomic mass is 35.5. The minimum absolute atomic E-state index is 0.0362. The molecule has 1 saturated heterocycles. The quantitative estimate of drug-likeness (QED) is 0.800. The summed E-state index contributed by atoms with van der Waals surface area (Å²) in [5.74, 6) is -0.616. The van der Waals surface area contributed by atoms with Gasteiger partial charge in [-0.05, 0) is 30.0 Å². The predicted octanol–water partition coefficient (Wildman–Crippen LogP) is 3.30. The second-order valence-corrected chi connectivity index (χ2v) is 7.38. The fourth-order valence-electron chi connectivity index (χ4n) is 2.21. The van der Waals surface area contributed by atoms with Gasteiger partial charge in [-0.15, -0.1) is 24.8 Å². The molecule has 0 aliphatic carbocycles. The molecule has 1 aliphatic rings. The van der Waals surface area contributed by atoms with Gasteiger partial charge >= 0.3 is 6.36 Å². The zero-order valence-corrected chi connectivity index (χ0v) is 11.8. The molecule has 20 heavy (non-hydrogen) atoms. The maximum atomic E-state index is 12.1. The Morgan fingerprint density at radius 3 is 2.60 bits per heavy atom. The lowest BCUT2D eigenvalue weighted by Crippen LogP contribution is -2.17. The van der Waals surface area contributed by atoms with Crippen molar-refractivity contribution in [2.45, 2.75) is 18.2 Å². The van der Waals surface area contributed by atoms with Gasteiger partial charge in [-0.3, -0.25) is 0 Å². The van der Waals surface area contributed by atoms with Gasteiger partial charge in [0.2, 0.25) is 0 Å². The minimum Gasteiger partial charge on any atom is -0.406 e. The summed E-state index contributed by atoms with van der Waals surface area (Å²) in [7, 11) is -3.08. The molecule has 0 bridgehead atoms. The molecule has 0 radical (unpaired) electrons. The van der Waals surface area contributed by atoms with Crippen molar-refractivity contribution in [2.24, 2.45) is 5.92 Å². The molecule has 1 aromatic carbocycles. The number of rotatable bonds is 3. The number of ether oxygens (including phenoxy) is 1. The van der Waals surface area contributed by atoms with Crippen LogP contribution in [0.2, 0.25) is 0 Å². The van der Waals surface area contributed by atoms with Crippen molar-refractivity contribution in [1.29, 1.82) is 0 Å². The van der Waals surface area contributed by atoms with Crippen LogP contribution in [-0.4, -0.2) is 26.3 Å². The molecule has 1 aromatic rings. The van der Waals surface area contributed by atoms with E-state index in [0.717, 1.165) is 0 Å². The van der Waals surface area contributed by atoms with Crippen LogP contribution >= 0.6 is 11.6 Å². The molecule has 0 amide bonds.